The standard InChI is InChI=1S/C16H14ClN5O3/c1-8-4-12-14(13(23)5-8)15(21-16(20-12)18-7-19-21)10-6-9(22(24)25)2-3-11(10)17/h2-3,6-8,15H,4-5H2,1H3,(H,18,19,20)/t8-,15+/m1/s1. The van der Waals surface area contributed by atoms with Crippen molar-refractivity contribution in [2.24, 2.45) is 5.92 Å². The van der Waals surface area contributed by atoms with Crippen LogP contribution in [-0.2, 0) is 4.79 Å². The van der Waals surface area contributed by atoms with Crippen molar-refractivity contribution in [1.82, 2.24) is 14.8 Å². The first-order valence-corrected chi connectivity index (χ1v) is 8.20. The van der Waals surface area contributed by atoms with Gasteiger partial charge in [0, 0.05) is 40.4 Å². The number of nitro benzene ring substituents is 1. The second-order valence-electron chi connectivity index (χ2n) is 6.35. The number of carbonyl (C=O) groups is 1. The Labute approximate surface area is 147 Å². The average Bonchev–Trinajstić information content (AvgIpc) is 3.01. The minimum atomic E-state index is -0.624. The molecule has 25 heavy (non-hydrogen) atoms. The first-order valence-electron chi connectivity index (χ1n) is 7.82. The first kappa shape index (κ1) is 15.8. The van der Waals surface area contributed by atoms with Crippen molar-refractivity contribution in [2.45, 2.75) is 25.8 Å². The fraction of sp³-hybridized carbons (Fsp3) is 0.312. The molecule has 0 unspecified atom stereocenters. The molecular formula is C16H14ClN5O3. The molecule has 4 rings (SSSR count). The molecule has 1 aliphatic carbocycles. The number of non-ortho nitro benzene ring substituents is 1. The van der Waals surface area contributed by atoms with E-state index in [-0.39, 0.29) is 17.4 Å². The Morgan fingerprint density at radius 3 is 2.96 bits per heavy atom. The lowest BCUT2D eigenvalue weighted by Gasteiger charge is -2.34. The van der Waals surface area contributed by atoms with Gasteiger partial charge in [-0.3, -0.25) is 14.9 Å². The van der Waals surface area contributed by atoms with E-state index in [4.69, 9.17) is 11.6 Å². The zero-order valence-electron chi connectivity index (χ0n) is 13.3. The smallest absolute Gasteiger partial charge is 0.269 e. The SMILES string of the molecule is C[C@H]1CC(=O)C2=C(C1)Nc1ncnn1[C@H]2c1cc([N+](=O)[O-])ccc1Cl. The number of benzene rings is 1. The zero-order valence-corrected chi connectivity index (χ0v) is 14.0. The Morgan fingerprint density at radius 1 is 1.40 bits per heavy atom. The molecule has 2 aromatic rings. The zero-order chi connectivity index (χ0) is 17.7. The highest BCUT2D eigenvalue weighted by Crippen LogP contribution is 2.43. The van der Waals surface area contributed by atoms with Gasteiger partial charge in [0.15, 0.2) is 5.78 Å². The van der Waals surface area contributed by atoms with Crippen LogP contribution in [0.25, 0.3) is 0 Å². The highest BCUT2D eigenvalue weighted by Gasteiger charge is 2.39. The number of nitro groups is 1. The molecule has 2 aliphatic rings. The summed E-state index contributed by atoms with van der Waals surface area (Å²) in [5.74, 6) is 0.706. The third kappa shape index (κ3) is 2.49. The summed E-state index contributed by atoms with van der Waals surface area (Å²) in [5, 5.41) is 18.9. The lowest BCUT2D eigenvalue weighted by Crippen LogP contribution is -2.33. The lowest BCUT2D eigenvalue weighted by molar-refractivity contribution is -0.384. The van der Waals surface area contributed by atoms with E-state index < -0.39 is 11.0 Å². The summed E-state index contributed by atoms with van der Waals surface area (Å²) in [7, 11) is 0. The Kier molecular flexibility index (Phi) is 3.57. The number of aromatic nitrogens is 3. The monoisotopic (exact) mass is 359 g/mol. The van der Waals surface area contributed by atoms with Crippen LogP contribution in [0, 0.1) is 16.0 Å². The van der Waals surface area contributed by atoms with Crippen LogP contribution in [0.5, 0.6) is 0 Å². The molecule has 0 bridgehead atoms. The fourth-order valence-electron chi connectivity index (χ4n) is 3.49. The van der Waals surface area contributed by atoms with Crippen LogP contribution in [0.4, 0.5) is 11.6 Å². The van der Waals surface area contributed by atoms with E-state index >= 15 is 0 Å². The number of allylic oxidation sites excluding steroid dienone is 2. The minimum absolute atomic E-state index is 0.00465. The molecule has 0 radical (unpaired) electrons. The predicted octanol–water partition coefficient (Wildman–Crippen LogP) is 3.11. The number of halogens is 1. The maximum absolute atomic E-state index is 12.7. The van der Waals surface area contributed by atoms with Crippen LogP contribution in [0.3, 0.4) is 0 Å². The van der Waals surface area contributed by atoms with Gasteiger partial charge < -0.3 is 5.32 Å². The number of hydrogen-bond donors (Lipinski definition) is 1. The van der Waals surface area contributed by atoms with Crippen molar-refractivity contribution in [1.29, 1.82) is 0 Å². The Balaban J connectivity index is 1.94. The predicted molar refractivity (Wildman–Crippen MR) is 90.3 cm³/mol. The van der Waals surface area contributed by atoms with Crippen molar-refractivity contribution in [2.75, 3.05) is 5.32 Å². The molecule has 2 heterocycles. The number of anilines is 1. The number of fused-ring (bicyclic) bond motifs is 1. The molecule has 0 saturated carbocycles. The van der Waals surface area contributed by atoms with Gasteiger partial charge in [-0.1, -0.05) is 18.5 Å². The molecule has 1 aromatic heterocycles. The molecule has 0 fully saturated rings. The number of ketones is 1. The van der Waals surface area contributed by atoms with Crippen molar-refractivity contribution in [3.63, 3.8) is 0 Å². The van der Waals surface area contributed by atoms with Crippen LogP contribution in [0.15, 0.2) is 35.8 Å². The van der Waals surface area contributed by atoms with Gasteiger partial charge in [-0.2, -0.15) is 10.1 Å². The summed E-state index contributed by atoms with van der Waals surface area (Å²) in [6.07, 6.45) is 2.51. The van der Waals surface area contributed by atoms with Gasteiger partial charge >= 0.3 is 0 Å². The summed E-state index contributed by atoms with van der Waals surface area (Å²) in [6.45, 7) is 2.01. The van der Waals surface area contributed by atoms with Gasteiger partial charge in [0.2, 0.25) is 5.95 Å². The van der Waals surface area contributed by atoms with E-state index in [1.807, 2.05) is 6.92 Å². The summed E-state index contributed by atoms with van der Waals surface area (Å²) in [6, 6.07) is 3.60. The second kappa shape index (κ2) is 5.66. The van der Waals surface area contributed by atoms with Crippen LogP contribution >= 0.6 is 11.6 Å². The van der Waals surface area contributed by atoms with E-state index in [9.17, 15) is 14.9 Å². The number of nitrogens with one attached hydrogen (secondary N) is 1. The van der Waals surface area contributed by atoms with Crippen molar-refractivity contribution < 1.29 is 9.72 Å². The van der Waals surface area contributed by atoms with Gasteiger partial charge in [-0.15, -0.1) is 0 Å². The number of carbonyl (C=O) groups excluding carboxylic acids is 1. The van der Waals surface area contributed by atoms with E-state index in [0.717, 1.165) is 5.70 Å². The molecule has 1 aliphatic heterocycles. The van der Waals surface area contributed by atoms with E-state index in [1.165, 1.54) is 24.5 Å². The van der Waals surface area contributed by atoms with Gasteiger partial charge in [-0.25, -0.2) is 4.68 Å². The van der Waals surface area contributed by atoms with Crippen molar-refractivity contribution in [3.05, 3.63) is 56.5 Å². The highest BCUT2D eigenvalue weighted by molar-refractivity contribution is 6.31. The minimum Gasteiger partial charge on any atom is -0.328 e. The van der Waals surface area contributed by atoms with Crippen molar-refractivity contribution in [3.8, 4) is 0 Å². The molecule has 0 saturated heterocycles. The third-order valence-corrected chi connectivity index (χ3v) is 4.89. The van der Waals surface area contributed by atoms with Gasteiger partial charge in [0.05, 0.1) is 4.92 Å². The summed E-state index contributed by atoms with van der Waals surface area (Å²) < 4.78 is 1.55. The Morgan fingerprint density at radius 2 is 2.20 bits per heavy atom. The van der Waals surface area contributed by atoms with Crippen LogP contribution in [0.2, 0.25) is 5.02 Å². The summed E-state index contributed by atoms with van der Waals surface area (Å²) in [5.41, 5.74) is 1.73. The summed E-state index contributed by atoms with van der Waals surface area (Å²) in [4.78, 5) is 27.6. The van der Waals surface area contributed by atoms with E-state index in [2.05, 4.69) is 15.4 Å². The lowest BCUT2D eigenvalue weighted by atomic mass is 9.81. The van der Waals surface area contributed by atoms with Gasteiger partial charge in [0.1, 0.15) is 12.4 Å². The number of Topliss-reactive ketones (excluding diaryl/α,β-unsaturated/α-hetero) is 1. The molecule has 9 heteroatoms. The normalized spacial score (nSPS) is 22.2. The highest BCUT2D eigenvalue weighted by atomic mass is 35.5. The number of hydrogen-bond acceptors (Lipinski definition) is 6. The maximum Gasteiger partial charge on any atom is 0.269 e. The first-order chi connectivity index (χ1) is 12.0. The van der Waals surface area contributed by atoms with E-state index in [1.54, 1.807) is 4.68 Å². The molecule has 0 spiro atoms. The molecule has 1 aromatic carbocycles. The summed E-state index contributed by atoms with van der Waals surface area (Å²) >= 11 is 6.34. The van der Waals surface area contributed by atoms with Gasteiger partial charge in [-0.05, 0) is 18.4 Å². The van der Waals surface area contributed by atoms with Crippen LogP contribution < -0.4 is 5.32 Å². The van der Waals surface area contributed by atoms with Gasteiger partial charge in [0.25, 0.3) is 5.69 Å². The number of nitrogens with zero attached hydrogens (tertiary/aromatic N) is 4. The molecular weight excluding hydrogens is 346 g/mol. The molecule has 1 N–H and O–H groups in total. The topological polar surface area (TPSA) is 103 Å². The van der Waals surface area contributed by atoms with E-state index in [0.29, 0.717) is 34.9 Å². The Hall–Kier alpha value is -2.74. The molecule has 2 atom stereocenters. The second-order valence-corrected chi connectivity index (χ2v) is 6.75. The maximum atomic E-state index is 12.7. The average molecular weight is 360 g/mol. The van der Waals surface area contributed by atoms with Crippen molar-refractivity contribution >= 4 is 29.0 Å². The Bertz CT molecular complexity index is 936. The molecule has 0 amide bonds. The largest absolute Gasteiger partial charge is 0.328 e. The van der Waals surface area contributed by atoms with Crippen LogP contribution in [0.1, 0.15) is 31.4 Å². The third-order valence-electron chi connectivity index (χ3n) is 4.55. The molecule has 8 nitrogen and oxygen atoms in total. The molecule has 128 valence electrons. The van der Waals surface area contributed by atoms with Crippen LogP contribution in [-0.4, -0.2) is 25.5 Å². The quantitative estimate of drug-likeness (QED) is 0.652. The fourth-order valence-corrected chi connectivity index (χ4v) is 3.71. The number of rotatable bonds is 2.